The molecule has 3 aromatic heterocycles. The molecule has 4 aromatic rings. The Morgan fingerprint density at radius 1 is 1.19 bits per heavy atom. The highest BCUT2D eigenvalue weighted by Gasteiger charge is 2.31. The van der Waals surface area contributed by atoms with Crippen LogP contribution in [0.1, 0.15) is 48.5 Å². The first kappa shape index (κ1) is 20.0. The third-order valence-electron chi connectivity index (χ3n) is 5.50. The van der Waals surface area contributed by atoms with Crippen LogP contribution in [-0.4, -0.2) is 24.6 Å². The third kappa shape index (κ3) is 3.44. The number of benzene rings is 1. The lowest BCUT2D eigenvalue weighted by Crippen LogP contribution is -2.15. The SMILES string of the molecule is C[C@H](Nc1nc(N)nc(N)c1C#N)c1cn2nc(C3CC3)c(Cl)c2nc1-c1ccccc1. The minimum Gasteiger partial charge on any atom is -0.382 e. The molecule has 1 fully saturated rings. The first-order valence-corrected chi connectivity index (χ1v) is 10.6. The highest BCUT2D eigenvalue weighted by Crippen LogP contribution is 2.44. The molecule has 1 aromatic carbocycles. The number of anilines is 3. The summed E-state index contributed by atoms with van der Waals surface area (Å²) in [6, 6.07) is 11.6. The summed E-state index contributed by atoms with van der Waals surface area (Å²) in [6.45, 7) is 1.94. The second kappa shape index (κ2) is 7.66. The minimum atomic E-state index is -0.310. The number of fused-ring (bicyclic) bond motifs is 1. The average molecular weight is 446 g/mol. The van der Waals surface area contributed by atoms with Crippen LogP contribution in [0.15, 0.2) is 36.5 Å². The Labute approximate surface area is 189 Å². The minimum absolute atomic E-state index is 0.0130. The number of nitriles is 1. The molecule has 0 aliphatic heterocycles. The van der Waals surface area contributed by atoms with Crippen molar-refractivity contribution in [3.63, 3.8) is 0 Å². The van der Waals surface area contributed by atoms with E-state index in [-0.39, 0.29) is 29.2 Å². The zero-order chi connectivity index (χ0) is 22.4. The summed E-state index contributed by atoms with van der Waals surface area (Å²) in [7, 11) is 0. The number of halogens is 1. The Morgan fingerprint density at radius 2 is 1.94 bits per heavy atom. The van der Waals surface area contributed by atoms with Crippen LogP contribution >= 0.6 is 11.6 Å². The summed E-state index contributed by atoms with van der Waals surface area (Å²) in [6.07, 6.45) is 4.10. The predicted octanol–water partition coefficient (Wildman–Crippen LogP) is 3.93. The van der Waals surface area contributed by atoms with Crippen LogP contribution in [-0.2, 0) is 0 Å². The Morgan fingerprint density at radius 3 is 2.62 bits per heavy atom. The van der Waals surface area contributed by atoms with Gasteiger partial charge in [-0.05, 0) is 19.8 Å². The van der Waals surface area contributed by atoms with Gasteiger partial charge in [-0.15, -0.1) is 0 Å². The molecular weight excluding hydrogens is 426 g/mol. The van der Waals surface area contributed by atoms with Crippen LogP contribution in [0, 0.1) is 11.3 Å². The number of hydrogen-bond donors (Lipinski definition) is 3. The largest absolute Gasteiger partial charge is 0.382 e. The highest BCUT2D eigenvalue weighted by atomic mass is 35.5. The van der Waals surface area contributed by atoms with E-state index in [2.05, 4.69) is 15.3 Å². The number of nitrogens with one attached hydrogen (secondary N) is 1. The normalized spacial score (nSPS) is 14.3. The van der Waals surface area contributed by atoms with Gasteiger partial charge in [-0.2, -0.15) is 20.3 Å². The molecule has 1 aliphatic rings. The Bertz CT molecular complexity index is 1370. The summed E-state index contributed by atoms with van der Waals surface area (Å²) in [5.41, 5.74) is 15.8. The van der Waals surface area contributed by atoms with Gasteiger partial charge in [-0.25, -0.2) is 9.50 Å². The first-order valence-electron chi connectivity index (χ1n) is 10.2. The fourth-order valence-corrected chi connectivity index (χ4v) is 4.05. The van der Waals surface area contributed by atoms with Gasteiger partial charge < -0.3 is 16.8 Å². The van der Waals surface area contributed by atoms with Crippen molar-refractivity contribution in [3.05, 3.63) is 58.4 Å². The molecule has 1 aliphatic carbocycles. The van der Waals surface area contributed by atoms with Crippen molar-refractivity contribution >= 4 is 34.8 Å². The van der Waals surface area contributed by atoms with E-state index in [1.54, 1.807) is 4.52 Å². The van der Waals surface area contributed by atoms with E-state index in [9.17, 15) is 5.26 Å². The van der Waals surface area contributed by atoms with Gasteiger partial charge in [-0.3, -0.25) is 0 Å². The van der Waals surface area contributed by atoms with Gasteiger partial charge in [0.2, 0.25) is 5.95 Å². The Hall–Kier alpha value is -3.90. The topological polar surface area (TPSA) is 144 Å². The average Bonchev–Trinajstić information content (AvgIpc) is 3.57. The maximum atomic E-state index is 9.51. The van der Waals surface area contributed by atoms with Crippen molar-refractivity contribution in [2.45, 2.75) is 31.7 Å². The molecule has 0 amide bonds. The highest BCUT2D eigenvalue weighted by molar-refractivity contribution is 6.34. The van der Waals surface area contributed by atoms with Crippen LogP contribution in [0.3, 0.4) is 0 Å². The lowest BCUT2D eigenvalue weighted by atomic mass is 10.0. The van der Waals surface area contributed by atoms with E-state index < -0.39 is 0 Å². The van der Waals surface area contributed by atoms with Crippen LogP contribution in [0.5, 0.6) is 0 Å². The first-order chi connectivity index (χ1) is 15.5. The fourth-order valence-electron chi connectivity index (χ4n) is 3.73. The molecule has 0 saturated heterocycles. The molecule has 0 radical (unpaired) electrons. The van der Waals surface area contributed by atoms with Crippen LogP contribution in [0.4, 0.5) is 17.6 Å². The van der Waals surface area contributed by atoms with E-state index in [0.29, 0.717) is 16.6 Å². The van der Waals surface area contributed by atoms with Crippen molar-refractivity contribution in [1.29, 1.82) is 5.26 Å². The van der Waals surface area contributed by atoms with E-state index in [1.165, 1.54) is 0 Å². The summed E-state index contributed by atoms with van der Waals surface area (Å²) in [5, 5.41) is 18.0. The maximum absolute atomic E-state index is 9.51. The second-order valence-electron chi connectivity index (χ2n) is 7.82. The molecule has 5 N–H and O–H groups in total. The number of nitrogens with two attached hydrogens (primary N) is 2. The van der Waals surface area contributed by atoms with Gasteiger partial charge in [0.1, 0.15) is 22.5 Å². The van der Waals surface area contributed by atoms with E-state index >= 15 is 0 Å². The van der Waals surface area contributed by atoms with Crippen molar-refractivity contribution < 1.29 is 0 Å². The number of nitrogen functional groups attached to an aromatic ring is 2. The standard InChI is InChI=1S/C22H20ClN9/c1-11(27-20-14(9-24)19(25)29-22(26)30-20)15-10-32-21(16(23)18(31-32)13-7-8-13)28-17(15)12-5-3-2-4-6-12/h2-6,10-11,13H,7-8H2,1H3,(H5,25,26,27,29,30)/t11-/m0/s1. The van der Waals surface area contributed by atoms with Gasteiger partial charge in [0.15, 0.2) is 11.5 Å². The molecule has 1 atom stereocenters. The molecule has 3 heterocycles. The quantitative estimate of drug-likeness (QED) is 0.419. The van der Waals surface area contributed by atoms with Gasteiger partial charge in [-0.1, -0.05) is 41.9 Å². The maximum Gasteiger partial charge on any atom is 0.224 e. The summed E-state index contributed by atoms with van der Waals surface area (Å²) in [5.74, 6) is 0.676. The van der Waals surface area contributed by atoms with Crippen molar-refractivity contribution in [2.75, 3.05) is 16.8 Å². The lowest BCUT2D eigenvalue weighted by Gasteiger charge is -2.19. The molecule has 5 rings (SSSR count). The Balaban J connectivity index is 1.65. The zero-order valence-electron chi connectivity index (χ0n) is 17.2. The molecule has 0 spiro atoms. The summed E-state index contributed by atoms with van der Waals surface area (Å²) < 4.78 is 1.73. The van der Waals surface area contributed by atoms with Gasteiger partial charge >= 0.3 is 0 Å². The van der Waals surface area contributed by atoms with E-state index in [4.69, 9.17) is 33.2 Å². The molecule has 10 heteroatoms. The Kier molecular flexibility index (Phi) is 4.79. The predicted molar refractivity (Wildman–Crippen MR) is 123 cm³/mol. The summed E-state index contributed by atoms with van der Waals surface area (Å²) >= 11 is 6.65. The molecule has 160 valence electrons. The number of hydrogen-bond acceptors (Lipinski definition) is 8. The van der Waals surface area contributed by atoms with E-state index in [0.717, 1.165) is 35.4 Å². The van der Waals surface area contributed by atoms with E-state index in [1.807, 2.05) is 49.5 Å². The number of aromatic nitrogens is 5. The number of nitrogens with zero attached hydrogens (tertiary/aromatic N) is 6. The van der Waals surface area contributed by atoms with Gasteiger partial charge in [0, 0.05) is 23.2 Å². The molecular formula is C22H20ClN9. The number of rotatable bonds is 5. The summed E-state index contributed by atoms with van der Waals surface area (Å²) in [4.78, 5) is 12.9. The van der Waals surface area contributed by atoms with Crippen molar-refractivity contribution in [2.24, 2.45) is 0 Å². The molecule has 0 unspecified atom stereocenters. The van der Waals surface area contributed by atoms with Gasteiger partial charge in [0.25, 0.3) is 0 Å². The van der Waals surface area contributed by atoms with Gasteiger partial charge in [0.05, 0.1) is 17.4 Å². The van der Waals surface area contributed by atoms with Crippen molar-refractivity contribution in [3.8, 4) is 17.3 Å². The third-order valence-corrected chi connectivity index (χ3v) is 5.87. The smallest absolute Gasteiger partial charge is 0.224 e. The van der Waals surface area contributed by atoms with Crippen LogP contribution in [0.2, 0.25) is 5.02 Å². The monoisotopic (exact) mass is 445 g/mol. The molecule has 9 nitrogen and oxygen atoms in total. The zero-order valence-corrected chi connectivity index (χ0v) is 18.0. The molecule has 1 saturated carbocycles. The fraction of sp³-hybridized carbons (Fsp3) is 0.227. The lowest BCUT2D eigenvalue weighted by molar-refractivity contribution is 0.819. The van der Waals surface area contributed by atoms with Crippen molar-refractivity contribution in [1.82, 2.24) is 24.6 Å². The second-order valence-corrected chi connectivity index (χ2v) is 8.20. The molecule has 0 bridgehead atoms. The molecule has 32 heavy (non-hydrogen) atoms. The van der Waals surface area contributed by atoms with Crippen LogP contribution in [0.25, 0.3) is 16.9 Å². The van der Waals surface area contributed by atoms with Crippen LogP contribution < -0.4 is 16.8 Å².